The van der Waals surface area contributed by atoms with Gasteiger partial charge in [0.25, 0.3) is 0 Å². The minimum absolute atomic E-state index is 0.104. The zero-order valence-corrected chi connectivity index (χ0v) is 25.4. The highest BCUT2D eigenvalue weighted by Crippen LogP contribution is 2.65. The van der Waals surface area contributed by atoms with E-state index in [9.17, 15) is 19.2 Å². The number of aromatic nitrogens is 1. The van der Waals surface area contributed by atoms with Gasteiger partial charge in [-0.05, 0) is 86.4 Å². The predicted octanol–water partition coefficient (Wildman–Crippen LogP) is 6.85. The zero-order valence-electron chi connectivity index (χ0n) is 24.6. The molecule has 2 saturated carbocycles. The molecule has 45 heavy (non-hydrogen) atoms. The number of pyridine rings is 1. The third kappa shape index (κ3) is 4.44. The van der Waals surface area contributed by atoms with Crippen molar-refractivity contribution in [2.45, 2.75) is 26.4 Å². The van der Waals surface area contributed by atoms with Crippen LogP contribution in [0, 0.1) is 42.4 Å². The van der Waals surface area contributed by atoms with E-state index in [0.717, 1.165) is 12.0 Å². The van der Waals surface area contributed by atoms with Crippen LogP contribution in [-0.2, 0) is 14.3 Å². The molecular formula is C37H29ClN2O5. The Balaban J connectivity index is 1.09. The predicted molar refractivity (Wildman–Crippen MR) is 170 cm³/mol. The molecule has 0 spiro atoms. The van der Waals surface area contributed by atoms with E-state index in [1.165, 1.54) is 11.8 Å². The summed E-state index contributed by atoms with van der Waals surface area (Å²) in [5.74, 6) is -0.318. The number of hydrogen-bond donors (Lipinski definition) is 0. The van der Waals surface area contributed by atoms with Crippen molar-refractivity contribution in [3.05, 3.63) is 107 Å². The van der Waals surface area contributed by atoms with E-state index >= 15 is 0 Å². The van der Waals surface area contributed by atoms with Crippen molar-refractivity contribution >= 4 is 51.8 Å². The molecule has 5 aliphatic rings. The van der Waals surface area contributed by atoms with Gasteiger partial charge in [-0.2, -0.15) is 0 Å². The van der Waals surface area contributed by atoms with Crippen LogP contribution in [0.1, 0.15) is 39.6 Å². The van der Waals surface area contributed by atoms with Gasteiger partial charge in [0.1, 0.15) is 0 Å². The highest BCUT2D eigenvalue weighted by Gasteiger charge is 2.67. The molecule has 1 saturated heterocycles. The molecule has 224 valence electrons. The summed E-state index contributed by atoms with van der Waals surface area (Å²) in [6, 6.07) is 21.0. The van der Waals surface area contributed by atoms with Crippen molar-refractivity contribution in [3.63, 3.8) is 0 Å². The quantitative estimate of drug-likeness (QED) is 0.102. The Labute approximate surface area is 264 Å². The molecule has 2 bridgehead atoms. The zero-order chi connectivity index (χ0) is 31.1. The number of carbonyl (C=O) groups is 4. The average molecular weight is 617 g/mol. The lowest BCUT2D eigenvalue weighted by atomic mass is 9.63. The standard InChI is InChI=1S/C37H29ClN2O5/c1-18-6-13-30-28(14-18)29(37(44)45-19(2)34(41)21-4-3-5-22(38)15-21)17-31(39-30)20-7-9-23(10-8-20)40-35(42)32-24-11-12-25(27-16-26(24)27)33(32)36(40)43/h3-15,17,19,24-27,32-33H,16H2,1-2H3. The van der Waals surface area contributed by atoms with Crippen LogP contribution in [0.15, 0.2) is 84.9 Å². The maximum Gasteiger partial charge on any atom is 0.339 e. The molecule has 0 radical (unpaired) electrons. The number of amides is 2. The van der Waals surface area contributed by atoms with Gasteiger partial charge in [-0.3, -0.25) is 19.3 Å². The third-order valence-electron chi connectivity index (χ3n) is 10.0. The summed E-state index contributed by atoms with van der Waals surface area (Å²) in [7, 11) is 0. The fourth-order valence-corrected chi connectivity index (χ4v) is 7.99. The number of nitrogens with zero attached hydrogens (tertiary/aromatic N) is 2. The Hall–Kier alpha value is -4.62. The number of benzene rings is 3. The summed E-state index contributed by atoms with van der Waals surface area (Å²) in [6.07, 6.45) is 4.42. The minimum Gasteiger partial charge on any atom is -0.451 e. The number of carbonyl (C=O) groups excluding carboxylic acids is 4. The SMILES string of the molecule is Cc1ccc2nc(-c3ccc(N4C(=O)C5C6C=CC(C7CC67)C5C4=O)cc3)cc(C(=O)OC(C)C(=O)c3cccc(Cl)c3)c2c1. The lowest BCUT2D eigenvalue weighted by Gasteiger charge is -2.37. The normalized spacial score (nSPS) is 26.5. The molecule has 2 amide bonds. The van der Waals surface area contributed by atoms with Gasteiger partial charge in [-0.15, -0.1) is 0 Å². The number of Topliss-reactive ketones (excluding diaryl/α,β-unsaturated/α-hetero) is 1. The van der Waals surface area contributed by atoms with Crippen LogP contribution in [0.25, 0.3) is 22.2 Å². The van der Waals surface area contributed by atoms with Gasteiger partial charge < -0.3 is 4.74 Å². The highest BCUT2D eigenvalue weighted by molar-refractivity contribution is 6.31. The van der Waals surface area contributed by atoms with Crippen LogP contribution in [0.3, 0.4) is 0 Å². The molecule has 3 fully saturated rings. The Morgan fingerprint density at radius 2 is 1.60 bits per heavy atom. The minimum atomic E-state index is -1.04. The number of allylic oxidation sites excluding steroid dienone is 2. The molecule has 7 atom stereocenters. The number of ether oxygens (including phenoxy) is 1. The topological polar surface area (TPSA) is 93.6 Å². The second-order valence-corrected chi connectivity index (χ2v) is 13.1. The molecule has 3 aromatic carbocycles. The molecule has 8 heteroatoms. The number of rotatable bonds is 6. The number of halogens is 1. The second kappa shape index (κ2) is 10.2. The van der Waals surface area contributed by atoms with Crippen molar-refractivity contribution in [2.24, 2.45) is 35.5 Å². The summed E-state index contributed by atoms with van der Waals surface area (Å²) in [5, 5.41) is 1.03. The van der Waals surface area contributed by atoms with Crippen LogP contribution in [0.4, 0.5) is 5.69 Å². The van der Waals surface area contributed by atoms with Gasteiger partial charge >= 0.3 is 5.97 Å². The lowest BCUT2D eigenvalue weighted by Crippen LogP contribution is -2.40. The van der Waals surface area contributed by atoms with Crippen LogP contribution in [0.5, 0.6) is 0 Å². The van der Waals surface area contributed by atoms with Crippen molar-refractivity contribution in [1.29, 1.82) is 0 Å². The van der Waals surface area contributed by atoms with E-state index in [2.05, 4.69) is 12.2 Å². The Kier molecular flexibility index (Phi) is 6.33. The first kappa shape index (κ1) is 27.9. The van der Waals surface area contributed by atoms with Gasteiger partial charge in [-0.1, -0.05) is 59.6 Å². The molecule has 9 rings (SSSR count). The monoisotopic (exact) mass is 616 g/mol. The van der Waals surface area contributed by atoms with Crippen molar-refractivity contribution in [3.8, 4) is 11.3 Å². The number of esters is 1. The van der Waals surface area contributed by atoms with Crippen LogP contribution < -0.4 is 4.90 Å². The van der Waals surface area contributed by atoms with E-state index in [-0.39, 0.29) is 46.8 Å². The van der Waals surface area contributed by atoms with Gasteiger partial charge in [-0.25, -0.2) is 9.78 Å². The van der Waals surface area contributed by atoms with E-state index in [1.807, 2.05) is 37.3 Å². The molecular weight excluding hydrogens is 588 g/mol. The summed E-state index contributed by atoms with van der Waals surface area (Å²) in [6.45, 7) is 3.46. The van der Waals surface area contributed by atoms with E-state index in [0.29, 0.717) is 50.3 Å². The fourth-order valence-electron chi connectivity index (χ4n) is 7.80. The van der Waals surface area contributed by atoms with Crippen molar-refractivity contribution in [1.82, 2.24) is 4.98 Å². The fraction of sp³-hybridized carbons (Fsp3) is 0.270. The lowest BCUT2D eigenvalue weighted by molar-refractivity contribution is -0.124. The van der Waals surface area contributed by atoms with Gasteiger partial charge in [0.15, 0.2) is 6.10 Å². The second-order valence-electron chi connectivity index (χ2n) is 12.7. The summed E-state index contributed by atoms with van der Waals surface area (Å²) in [5.41, 5.74) is 3.95. The number of ketones is 1. The first-order chi connectivity index (χ1) is 21.7. The van der Waals surface area contributed by atoms with Crippen LogP contribution in [0.2, 0.25) is 5.02 Å². The first-order valence-corrected chi connectivity index (χ1v) is 15.7. The molecule has 4 aliphatic carbocycles. The van der Waals surface area contributed by atoms with Gasteiger partial charge in [0.05, 0.1) is 34.3 Å². The smallest absolute Gasteiger partial charge is 0.339 e. The summed E-state index contributed by atoms with van der Waals surface area (Å²) in [4.78, 5) is 59.9. The molecule has 7 unspecified atom stereocenters. The number of hydrogen-bond acceptors (Lipinski definition) is 6. The maximum atomic E-state index is 13.6. The maximum absolute atomic E-state index is 13.6. The first-order valence-electron chi connectivity index (χ1n) is 15.3. The number of anilines is 1. The van der Waals surface area contributed by atoms with E-state index in [1.54, 1.807) is 42.5 Å². The van der Waals surface area contributed by atoms with Crippen LogP contribution in [-0.4, -0.2) is 34.7 Å². The number of fused-ring (bicyclic) bond motifs is 1. The molecule has 7 nitrogen and oxygen atoms in total. The molecule has 1 aromatic heterocycles. The number of aryl methyl sites for hydroxylation is 1. The molecule has 0 N–H and O–H groups in total. The van der Waals surface area contributed by atoms with Crippen LogP contribution >= 0.6 is 11.6 Å². The molecule has 2 heterocycles. The van der Waals surface area contributed by atoms with Crippen molar-refractivity contribution < 1.29 is 23.9 Å². The van der Waals surface area contributed by atoms with Gasteiger partial charge in [0, 0.05) is 21.5 Å². The van der Waals surface area contributed by atoms with E-state index < -0.39 is 12.1 Å². The molecule has 1 aliphatic heterocycles. The Morgan fingerprint density at radius 1 is 0.911 bits per heavy atom. The van der Waals surface area contributed by atoms with Crippen molar-refractivity contribution in [2.75, 3.05) is 4.90 Å². The summed E-state index contributed by atoms with van der Waals surface area (Å²) >= 11 is 6.06. The third-order valence-corrected chi connectivity index (χ3v) is 10.3. The average Bonchev–Trinajstić information content (AvgIpc) is 3.82. The Morgan fingerprint density at radius 3 is 2.27 bits per heavy atom. The highest BCUT2D eigenvalue weighted by atomic mass is 35.5. The molecule has 4 aromatic rings. The van der Waals surface area contributed by atoms with E-state index in [4.69, 9.17) is 21.3 Å². The Bertz CT molecular complexity index is 1950. The number of imide groups is 1. The van der Waals surface area contributed by atoms with Gasteiger partial charge in [0.2, 0.25) is 17.6 Å². The largest absolute Gasteiger partial charge is 0.451 e. The summed E-state index contributed by atoms with van der Waals surface area (Å²) < 4.78 is 5.67.